The first kappa shape index (κ1) is 14.6. The predicted molar refractivity (Wildman–Crippen MR) is 76.0 cm³/mol. The van der Waals surface area contributed by atoms with E-state index in [-0.39, 0.29) is 16.3 Å². The number of hydrogen-bond donors (Lipinski definition) is 2. The molecule has 20 heavy (non-hydrogen) atoms. The van der Waals surface area contributed by atoms with Crippen LogP contribution in [0.5, 0.6) is 0 Å². The molecule has 0 saturated carbocycles. The van der Waals surface area contributed by atoms with Crippen LogP contribution in [0.1, 0.15) is 32.3 Å². The van der Waals surface area contributed by atoms with E-state index in [2.05, 4.69) is 19.9 Å². The Hall–Kier alpha value is -1.83. The molecule has 2 heterocycles. The van der Waals surface area contributed by atoms with E-state index in [1.54, 1.807) is 24.6 Å². The molecule has 0 spiro atoms. The van der Waals surface area contributed by atoms with E-state index >= 15 is 0 Å². The van der Waals surface area contributed by atoms with Crippen molar-refractivity contribution in [3.8, 4) is 0 Å². The van der Waals surface area contributed by atoms with Crippen LogP contribution < -0.4 is 4.72 Å². The van der Waals surface area contributed by atoms with Gasteiger partial charge in [0.2, 0.25) is 0 Å². The lowest BCUT2D eigenvalue weighted by Gasteiger charge is -2.14. The van der Waals surface area contributed by atoms with Gasteiger partial charge in [-0.15, -0.1) is 0 Å². The highest BCUT2D eigenvalue weighted by Crippen LogP contribution is 2.23. The SMILES string of the molecule is Cc1nc(S(=O)(=O)Nc2cc(C(C)(C)C)[nH]n2)cn1C. The third-order valence-electron chi connectivity index (χ3n) is 2.99. The van der Waals surface area contributed by atoms with Crippen molar-refractivity contribution in [1.82, 2.24) is 19.7 Å². The van der Waals surface area contributed by atoms with E-state index in [1.807, 2.05) is 20.8 Å². The number of anilines is 1. The number of sulfonamides is 1. The molecule has 2 rings (SSSR count). The highest BCUT2D eigenvalue weighted by molar-refractivity contribution is 7.92. The molecular formula is C12H19N5O2S. The number of rotatable bonds is 3. The Morgan fingerprint density at radius 2 is 2.00 bits per heavy atom. The number of aromatic nitrogens is 4. The van der Waals surface area contributed by atoms with Gasteiger partial charge < -0.3 is 4.57 Å². The Morgan fingerprint density at radius 1 is 1.35 bits per heavy atom. The van der Waals surface area contributed by atoms with Crippen molar-refractivity contribution in [3.05, 3.63) is 23.8 Å². The maximum Gasteiger partial charge on any atom is 0.282 e. The summed E-state index contributed by atoms with van der Waals surface area (Å²) in [6.45, 7) is 7.79. The molecule has 0 aliphatic carbocycles. The van der Waals surface area contributed by atoms with Crippen molar-refractivity contribution in [3.63, 3.8) is 0 Å². The minimum atomic E-state index is -3.71. The van der Waals surface area contributed by atoms with Crippen LogP contribution in [-0.2, 0) is 22.5 Å². The summed E-state index contributed by atoms with van der Waals surface area (Å²) >= 11 is 0. The molecule has 0 aliphatic heterocycles. The molecule has 2 aromatic rings. The zero-order valence-corrected chi connectivity index (χ0v) is 13.0. The van der Waals surface area contributed by atoms with Crippen molar-refractivity contribution in [2.45, 2.75) is 38.1 Å². The molecule has 0 atom stereocenters. The number of nitrogens with one attached hydrogen (secondary N) is 2. The monoisotopic (exact) mass is 297 g/mol. The zero-order chi connectivity index (χ0) is 15.1. The van der Waals surface area contributed by atoms with E-state index in [4.69, 9.17) is 0 Å². The summed E-state index contributed by atoms with van der Waals surface area (Å²) in [5.41, 5.74) is 0.727. The quantitative estimate of drug-likeness (QED) is 0.899. The Balaban J connectivity index is 2.27. The van der Waals surface area contributed by atoms with Crippen LogP contribution in [0.15, 0.2) is 17.3 Å². The fourth-order valence-electron chi connectivity index (χ4n) is 1.60. The number of hydrogen-bond acceptors (Lipinski definition) is 4. The number of H-pyrrole nitrogens is 1. The molecule has 0 aliphatic rings. The van der Waals surface area contributed by atoms with Gasteiger partial charge in [-0.1, -0.05) is 20.8 Å². The van der Waals surface area contributed by atoms with Crippen LogP contribution in [-0.4, -0.2) is 28.2 Å². The second kappa shape index (κ2) is 4.62. The van der Waals surface area contributed by atoms with Crippen molar-refractivity contribution in [2.24, 2.45) is 7.05 Å². The molecule has 2 N–H and O–H groups in total. The lowest BCUT2D eigenvalue weighted by atomic mass is 9.92. The van der Waals surface area contributed by atoms with Gasteiger partial charge in [0.25, 0.3) is 10.0 Å². The molecule has 0 bridgehead atoms. The Kier molecular flexibility index (Phi) is 3.37. The lowest BCUT2D eigenvalue weighted by Crippen LogP contribution is -2.14. The molecule has 0 amide bonds. The summed E-state index contributed by atoms with van der Waals surface area (Å²) in [4.78, 5) is 4.01. The molecular weight excluding hydrogens is 278 g/mol. The summed E-state index contributed by atoms with van der Waals surface area (Å²) in [5.74, 6) is 0.890. The highest BCUT2D eigenvalue weighted by atomic mass is 32.2. The standard InChI is InChI=1S/C12H19N5O2S/c1-8-13-11(7-17(8)5)20(18,19)16-10-6-9(14-15-10)12(2,3)4/h6-7H,1-5H3,(H2,14,15,16). The highest BCUT2D eigenvalue weighted by Gasteiger charge is 2.22. The summed E-state index contributed by atoms with van der Waals surface area (Å²) in [6, 6.07) is 1.69. The average molecular weight is 297 g/mol. The van der Waals surface area contributed by atoms with Crippen LogP contribution >= 0.6 is 0 Å². The topological polar surface area (TPSA) is 92.7 Å². The maximum atomic E-state index is 12.2. The van der Waals surface area contributed by atoms with Gasteiger partial charge >= 0.3 is 0 Å². The third kappa shape index (κ3) is 2.84. The predicted octanol–water partition coefficient (Wildman–Crippen LogP) is 1.55. The van der Waals surface area contributed by atoms with Crippen LogP contribution in [0.4, 0.5) is 5.82 Å². The normalized spacial score (nSPS) is 12.7. The summed E-state index contributed by atoms with van der Waals surface area (Å²) in [7, 11) is -1.97. The van der Waals surface area contributed by atoms with Gasteiger partial charge in [0.1, 0.15) is 5.82 Å². The van der Waals surface area contributed by atoms with Crippen LogP contribution in [0, 0.1) is 6.92 Å². The van der Waals surface area contributed by atoms with Crippen LogP contribution in [0.3, 0.4) is 0 Å². The first-order valence-corrected chi connectivity index (χ1v) is 7.66. The fraction of sp³-hybridized carbons (Fsp3) is 0.500. The number of imidazole rings is 1. The van der Waals surface area contributed by atoms with Gasteiger partial charge in [0.05, 0.1) is 0 Å². The molecule has 0 radical (unpaired) electrons. The zero-order valence-electron chi connectivity index (χ0n) is 12.2. The van der Waals surface area contributed by atoms with Gasteiger partial charge in [0.15, 0.2) is 10.8 Å². The van der Waals surface area contributed by atoms with Gasteiger partial charge in [-0.05, 0) is 6.92 Å². The van der Waals surface area contributed by atoms with E-state index in [0.717, 1.165) is 5.69 Å². The van der Waals surface area contributed by atoms with Gasteiger partial charge in [-0.3, -0.25) is 9.82 Å². The van der Waals surface area contributed by atoms with Gasteiger partial charge in [-0.25, -0.2) is 4.98 Å². The molecule has 8 heteroatoms. The maximum absolute atomic E-state index is 12.2. The number of aryl methyl sites for hydroxylation is 2. The van der Waals surface area contributed by atoms with E-state index in [1.165, 1.54) is 6.20 Å². The fourth-order valence-corrected chi connectivity index (χ4v) is 2.64. The van der Waals surface area contributed by atoms with Crippen molar-refractivity contribution >= 4 is 15.8 Å². The third-order valence-corrected chi connectivity index (χ3v) is 4.21. The Labute approximate surface area is 118 Å². The second-order valence-electron chi connectivity index (χ2n) is 5.76. The molecule has 0 unspecified atom stereocenters. The average Bonchev–Trinajstić information content (AvgIpc) is 2.86. The Morgan fingerprint density at radius 3 is 2.45 bits per heavy atom. The molecule has 2 aromatic heterocycles. The smallest absolute Gasteiger partial charge is 0.282 e. The minimum absolute atomic E-state index is 0.0159. The van der Waals surface area contributed by atoms with Crippen molar-refractivity contribution in [1.29, 1.82) is 0 Å². The van der Waals surface area contributed by atoms with E-state index < -0.39 is 10.0 Å². The molecule has 0 saturated heterocycles. The Bertz CT molecular complexity index is 702. The summed E-state index contributed by atoms with van der Waals surface area (Å²) < 4.78 is 28.4. The van der Waals surface area contributed by atoms with E-state index in [0.29, 0.717) is 5.82 Å². The number of aromatic amines is 1. The lowest BCUT2D eigenvalue weighted by molar-refractivity contribution is 0.567. The molecule has 7 nitrogen and oxygen atoms in total. The first-order valence-electron chi connectivity index (χ1n) is 6.18. The second-order valence-corrected chi connectivity index (χ2v) is 7.39. The summed E-state index contributed by atoms with van der Waals surface area (Å²) in [5, 5.41) is 6.79. The largest absolute Gasteiger partial charge is 0.337 e. The molecule has 0 fully saturated rings. The number of nitrogens with zero attached hydrogens (tertiary/aromatic N) is 3. The van der Waals surface area contributed by atoms with Crippen LogP contribution in [0.2, 0.25) is 0 Å². The minimum Gasteiger partial charge on any atom is -0.337 e. The van der Waals surface area contributed by atoms with Gasteiger partial charge in [-0.2, -0.15) is 13.5 Å². The van der Waals surface area contributed by atoms with Crippen molar-refractivity contribution in [2.75, 3.05) is 4.72 Å². The van der Waals surface area contributed by atoms with E-state index in [9.17, 15) is 8.42 Å². The van der Waals surface area contributed by atoms with Crippen molar-refractivity contribution < 1.29 is 8.42 Å². The summed E-state index contributed by atoms with van der Waals surface area (Å²) in [6.07, 6.45) is 1.47. The molecule has 0 aromatic carbocycles. The molecule has 110 valence electrons. The first-order chi connectivity index (χ1) is 9.09. The van der Waals surface area contributed by atoms with Crippen LogP contribution in [0.25, 0.3) is 0 Å². The van der Waals surface area contributed by atoms with Gasteiger partial charge in [0, 0.05) is 30.4 Å².